The summed E-state index contributed by atoms with van der Waals surface area (Å²) in [6, 6.07) is 0. The minimum atomic E-state index is 0.837. The highest BCUT2D eigenvalue weighted by atomic mass is 32.1. The largest absolute Gasteiger partial charge is 0.363 e. The van der Waals surface area contributed by atoms with Crippen LogP contribution in [0.1, 0.15) is 187 Å². The fraction of sp³-hybridized carbons (Fsp3) is 0.939. The second kappa shape index (κ2) is 32.0. The van der Waals surface area contributed by atoms with Crippen LogP contribution in [-0.2, 0) is 0 Å². The number of thiocarbonyl (C=S) groups is 2. The van der Waals surface area contributed by atoms with Crippen LogP contribution in [0.3, 0.4) is 0 Å². The van der Waals surface area contributed by atoms with Crippen molar-refractivity contribution in [3.63, 3.8) is 0 Å². The molecule has 0 heterocycles. The van der Waals surface area contributed by atoms with Crippen molar-refractivity contribution in [3.05, 3.63) is 0 Å². The number of nitrogens with one attached hydrogen (secondary N) is 2. The first-order valence-corrected chi connectivity index (χ1v) is 17.6. The average molecular weight is 555 g/mol. The molecule has 0 rings (SSSR count). The summed E-state index contributed by atoms with van der Waals surface area (Å²) in [4.78, 5) is 1.31. The van der Waals surface area contributed by atoms with E-state index in [-0.39, 0.29) is 0 Å². The number of hydrogen-bond acceptors (Lipinski definition) is 2. The number of rotatable bonds is 30. The van der Waals surface area contributed by atoms with Crippen LogP contribution in [0.4, 0.5) is 0 Å². The quantitative estimate of drug-likeness (QED) is 0.0681. The van der Waals surface area contributed by atoms with Gasteiger partial charge in [-0.3, -0.25) is 0 Å². The van der Waals surface area contributed by atoms with Gasteiger partial charge in [-0.1, -0.05) is 161 Å². The zero-order valence-corrected chi connectivity index (χ0v) is 27.0. The van der Waals surface area contributed by atoms with Crippen molar-refractivity contribution in [3.8, 4) is 0 Å². The monoisotopic (exact) mass is 554 g/mol. The molecule has 0 aromatic heterocycles. The molecule has 2 N–H and O–H groups in total. The molecular weight excluding hydrogens is 489 g/mol. The van der Waals surface area contributed by atoms with E-state index in [0.29, 0.717) is 0 Å². The maximum atomic E-state index is 5.62. The van der Waals surface area contributed by atoms with Gasteiger partial charge in [0.25, 0.3) is 0 Å². The molecule has 4 heteroatoms. The maximum Gasteiger partial charge on any atom is 0.166 e. The van der Waals surface area contributed by atoms with Crippen LogP contribution >= 0.6 is 24.4 Å². The smallest absolute Gasteiger partial charge is 0.166 e. The standard InChI is InChI=1S/C33H66N2S2/c1-3-5-7-9-11-13-15-16-18-20-24-28-32(36)29-25-21-23-27-31-35-33(37)34-30-26-22-19-17-14-12-10-8-6-4-2/h3-31H2,1-2H3,(H2,34,35,37). The maximum absolute atomic E-state index is 5.62. The van der Waals surface area contributed by atoms with E-state index in [9.17, 15) is 0 Å². The number of hydrogen-bond donors (Lipinski definition) is 2. The molecule has 0 saturated carbocycles. The second-order valence-electron chi connectivity index (χ2n) is 11.4. The summed E-state index contributed by atoms with van der Waals surface area (Å²) in [5.74, 6) is 0. The van der Waals surface area contributed by atoms with Crippen molar-refractivity contribution < 1.29 is 0 Å². The molecular formula is C33H66N2S2. The average Bonchev–Trinajstić information content (AvgIpc) is 2.89. The van der Waals surface area contributed by atoms with Crippen LogP contribution in [0, 0.1) is 0 Å². The third kappa shape index (κ3) is 31.9. The van der Waals surface area contributed by atoms with Gasteiger partial charge in [0.2, 0.25) is 0 Å². The van der Waals surface area contributed by atoms with Gasteiger partial charge in [-0.05, 0) is 55.6 Å². The van der Waals surface area contributed by atoms with Crippen LogP contribution < -0.4 is 10.6 Å². The lowest BCUT2D eigenvalue weighted by Crippen LogP contribution is -2.36. The molecule has 0 fully saturated rings. The van der Waals surface area contributed by atoms with Crippen molar-refractivity contribution in [2.45, 2.75) is 187 Å². The summed E-state index contributed by atoms with van der Waals surface area (Å²) >= 11 is 11.0. The van der Waals surface area contributed by atoms with Crippen molar-refractivity contribution in [1.82, 2.24) is 10.6 Å². The Bertz CT molecular complexity index is 439. The van der Waals surface area contributed by atoms with Crippen molar-refractivity contribution in [1.29, 1.82) is 0 Å². The van der Waals surface area contributed by atoms with E-state index < -0.39 is 0 Å². The predicted molar refractivity (Wildman–Crippen MR) is 177 cm³/mol. The Balaban J connectivity index is 3.26. The minimum absolute atomic E-state index is 0.837. The Morgan fingerprint density at radius 2 is 0.649 bits per heavy atom. The predicted octanol–water partition coefficient (Wildman–Crippen LogP) is 11.4. The molecule has 0 aliphatic carbocycles. The van der Waals surface area contributed by atoms with E-state index in [1.165, 1.54) is 172 Å². The summed E-state index contributed by atoms with van der Waals surface area (Å²) in [5.41, 5.74) is 0. The second-order valence-corrected chi connectivity index (χ2v) is 12.3. The molecule has 0 unspecified atom stereocenters. The van der Waals surface area contributed by atoms with Gasteiger partial charge in [0, 0.05) is 13.1 Å². The SMILES string of the molecule is CCCCCCCCCCCCCC(=S)CCCCCCNC(=S)NCCCCCCCCCCCC. The zero-order chi connectivity index (χ0) is 27.1. The van der Waals surface area contributed by atoms with Crippen LogP contribution in [0.25, 0.3) is 0 Å². The summed E-state index contributed by atoms with van der Waals surface area (Å²) in [6.07, 6.45) is 36.6. The topological polar surface area (TPSA) is 24.1 Å². The third-order valence-corrected chi connectivity index (χ3v) is 8.24. The Hall–Kier alpha value is -0.220. The van der Waals surface area contributed by atoms with E-state index in [2.05, 4.69) is 24.5 Å². The van der Waals surface area contributed by atoms with Gasteiger partial charge >= 0.3 is 0 Å². The first kappa shape index (κ1) is 36.8. The lowest BCUT2D eigenvalue weighted by molar-refractivity contribution is 0.551. The first-order valence-electron chi connectivity index (χ1n) is 16.7. The van der Waals surface area contributed by atoms with Gasteiger partial charge in [-0.15, -0.1) is 0 Å². The summed E-state index contributed by atoms with van der Waals surface area (Å²) < 4.78 is 0. The van der Waals surface area contributed by atoms with E-state index in [1.54, 1.807) is 0 Å². The van der Waals surface area contributed by atoms with Crippen LogP contribution in [0.15, 0.2) is 0 Å². The normalized spacial score (nSPS) is 11.1. The van der Waals surface area contributed by atoms with E-state index in [0.717, 1.165) is 24.6 Å². The van der Waals surface area contributed by atoms with E-state index in [4.69, 9.17) is 24.4 Å². The lowest BCUT2D eigenvalue weighted by Gasteiger charge is -2.10. The summed E-state index contributed by atoms with van der Waals surface area (Å²) in [5, 5.41) is 7.59. The summed E-state index contributed by atoms with van der Waals surface area (Å²) in [7, 11) is 0. The molecule has 2 nitrogen and oxygen atoms in total. The number of unbranched alkanes of at least 4 members (excludes halogenated alkanes) is 22. The molecule has 0 aromatic rings. The van der Waals surface area contributed by atoms with E-state index >= 15 is 0 Å². The van der Waals surface area contributed by atoms with Gasteiger partial charge in [0.05, 0.1) is 0 Å². The zero-order valence-electron chi connectivity index (χ0n) is 25.3. The Kier molecular flexibility index (Phi) is 31.8. The molecule has 0 aliphatic rings. The van der Waals surface area contributed by atoms with Gasteiger partial charge < -0.3 is 10.6 Å². The molecule has 0 aliphatic heterocycles. The first-order chi connectivity index (χ1) is 18.2. The Morgan fingerprint density at radius 1 is 0.378 bits per heavy atom. The van der Waals surface area contributed by atoms with Gasteiger partial charge in [0.15, 0.2) is 5.11 Å². The van der Waals surface area contributed by atoms with Crippen LogP contribution in [0.5, 0.6) is 0 Å². The van der Waals surface area contributed by atoms with Gasteiger partial charge in [0.1, 0.15) is 0 Å². The van der Waals surface area contributed by atoms with Gasteiger partial charge in [-0.2, -0.15) is 0 Å². The van der Waals surface area contributed by atoms with Gasteiger partial charge in [-0.25, -0.2) is 0 Å². The molecule has 220 valence electrons. The molecule has 0 bridgehead atoms. The molecule has 0 radical (unpaired) electrons. The van der Waals surface area contributed by atoms with E-state index in [1.807, 2.05) is 0 Å². The minimum Gasteiger partial charge on any atom is -0.363 e. The fourth-order valence-corrected chi connectivity index (χ4v) is 5.48. The Labute approximate surface area is 244 Å². The molecule has 0 spiro atoms. The summed E-state index contributed by atoms with van der Waals surface area (Å²) in [6.45, 7) is 6.58. The van der Waals surface area contributed by atoms with Crippen molar-refractivity contribution in [2.24, 2.45) is 0 Å². The van der Waals surface area contributed by atoms with Crippen molar-refractivity contribution in [2.75, 3.05) is 13.1 Å². The molecule has 0 amide bonds. The molecule has 0 atom stereocenters. The fourth-order valence-electron chi connectivity index (χ4n) is 4.99. The highest BCUT2D eigenvalue weighted by molar-refractivity contribution is 7.80. The Morgan fingerprint density at radius 3 is 0.973 bits per heavy atom. The molecule has 37 heavy (non-hydrogen) atoms. The highest BCUT2D eigenvalue weighted by Crippen LogP contribution is 2.14. The van der Waals surface area contributed by atoms with Crippen LogP contribution in [-0.4, -0.2) is 23.1 Å². The highest BCUT2D eigenvalue weighted by Gasteiger charge is 2.00. The van der Waals surface area contributed by atoms with Crippen LogP contribution in [0.2, 0.25) is 0 Å². The molecule has 0 aromatic carbocycles. The lowest BCUT2D eigenvalue weighted by atomic mass is 10.0. The van der Waals surface area contributed by atoms with Crippen molar-refractivity contribution >= 4 is 34.4 Å². The molecule has 0 saturated heterocycles. The third-order valence-electron chi connectivity index (χ3n) is 7.54.